The van der Waals surface area contributed by atoms with Gasteiger partial charge in [0.25, 0.3) is 5.69 Å². The van der Waals surface area contributed by atoms with E-state index < -0.39 is 4.92 Å². The van der Waals surface area contributed by atoms with Gasteiger partial charge in [0.05, 0.1) is 4.92 Å². The smallest absolute Gasteiger partial charge is 0.290 e. The standard InChI is InChI=1S/C11H16N4O2/c1-8-5-11(13-7-10(8)15(16)17)14(2)9-3-4-12-6-9/h5,7,9,12H,3-4,6H2,1-2H3. The number of hydrogen-bond donors (Lipinski definition) is 1. The van der Waals surface area contributed by atoms with E-state index in [1.807, 2.05) is 7.05 Å². The number of anilines is 1. The van der Waals surface area contributed by atoms with Gasteiger partial charge in [-0.15, -0.1) is 0 Å². The molecule has 92 valence electrons. The summed E-state index contributed by atoms with van der Waals surface area (Å²) in [7, 11) is 1.98. The number of aryl methyl sites for hydroxylation is 1. The van der Waals surface area contributed by atoms with Gasteiger partial charge in [-0.3, -0.25) is 10.1 Å². The summed E-state index contributed by atoms with van der Waals surface area (Å²) in [5.74, 6) is 0.793. The molecule has 0 aliphatic carbocycles. The van der Waals surface area contributed by atoms with Crippen molar-refractivity contribution < 1.29 is 4.92 Å². The molecule has 0 aromatic carbocycles. The molecule has 1 atom stereocenters. The molecule has 1 N–H and O–H groups in total. The third-order valence-electron chi connectivity index (χ3n) is 3.21. The zero-order chi connectivity index (χ0) is 12.4. The largest absolute Gasteiger partial charge is 0.355 e. The van der Waals surface area contributed by atoms with Crippen molar-refractivity contribution in [1.82, 2.24) is 10.3 Å². The number of likely N-dealkylation sites (N-methyl/N-ethyl adjacent to an activating group) is 1. The zero-order valence-electron chi connectivity index (χ0n) is 10.0. The average Bonchev–Trinajstić information content (AvgIpc) is 2.80. The maximum Gasteiger partial charge on any atom is 0.290 e. The molecule has 1 saturated heterocycles. The molecule has 0 radical (unpaired) electrons. The van der Waals surface area contributed by atoms with Crippen LogP contribution in [-0.2, 0) is 0 Å². The fourth-order valence-electron chi connectivity index (χ4n) is 2.08. The summed E-state index contributed by atoms with van der Waals surface area (Å²) < 4.78 is 0. The molecular formula is C11H16N4O2. The van der Waals surface area contributed by atoms with E-state index in [4.69, 9.17) is 0 Å². The molecule has 2 rings (SSSR count). The Hall–Kier alpha value is -1.69. The molecule has 6 heteroatoms. The van der Waals surface area contributed by atoms with Crippen molar-refractivity contribution in [2.24, 2.45) is 0 Å². The van der Waals surface area contributed by atoms with Gasteiger partial charge in [0.1, 0.15) is 12.0 Å². The second-order valence-electron chi connectivity index (χ2n) is 4.34. The zero-order valence-corrected chi connectivity index (χ0v) is 10.0. The minimum Gasteiger partial charge on any atom is -0.355 e. The maximum absolute atomic E-state index is 10.7. The van der Waals surface area contributed by atoms with Crippen molar-refractivity contribution in [3.63, 3.8) is 0 Å². The van der Waals surface area contributed by atoms with E-state index in [-0.39, 0.29) is 5.69 Å². The van der Waals surface area contributed by atoms with E-state index >= 15 is 0 Å². The Labute approximate surface area is 99.8 Å². The normalized spacial score (nSPS) is 19.3. The number of nitro groups is 1. The first-order chi connectivity index (χ1) is 8.09. The Bertz CT molecular complexity index is 429. The molecule has 1 aliphatic heterocycles. The Morgan fingerprint density at radius 1 is 1.65 bits per heavy atom. The number of nitrogens with zero attached hydrogens (tertiary/aromatic N) is 3. The van der Waals surface area contributed by atoms with Crippen LogP contribution < -0.4 is 10.2 Å². The predicted octanol–water partition coefficient (Wildman–Crippen LogP) is 1.10. The Morgan fingerprint density at radius 2 is 2.41 bits per heavy atom. The lowest BCUT2D eigenvalue weighted by atomic mass is 10.2. The van der Waals surface area contributed by atoms with Crippen LogP contribution in [0.5, 0.6) is 0 Å². The molecule has 17 heavy (non-hydrogen) atoms. The van der Waals surface area contributed by atoms with Crippen LogP contribution in [0.15, 0.2) is 12.3 Å². The summed E-state index contributed by atoms with van der Waals surface area (Å²) in [6.07, 6.45) is 2.41. The molecule has 0 amide bonds. The molecule has 1 fully saturated rings. The van der Waals surface area contributed by atoms with Gasteiger partial charge in [-0.2, -0.15) is 0 Å². The summed E-state index contributed by atoms with van der Waals surface area (Å²) in [4.78, 5) is 16.5. The summed E-state index contributed by atoms with van der Waals surface area (Å²) in [5, 5.41) is 14.0. The Morgan fingerprint density at radius 3 is 2.94 bits per heavy atom. The topological polar surface area (TPSA) is 71.3 Å². The van der Waals surface area contributed by atoms with E-state index in [1.54, 1.807) is 13.0 Å². The number of nitrogens with one attached hydrogen (secondary N) is 1. The summed E-state index contributed by atoms with van der Waals surface area (Å²) >= 11 is 0. The lowest BCUT2D eigenvalue weighted by Gasteiger charge is -2.24. The molecule has 0 saturated carbocycles. The minimum absolute atomic E-state index is 0.0756. The number of rotatable bonds is 3. The number of hydrogen-bond acceptors (Lipinski definition) is 5. The van der Waals surface area contributed by atoms with Crippen molar-refractivity contribution in [3.8, 4) is 0 Å². The SMILES string of the molecule is Cc1cc(N(C)C2CCNC2)ncc1[N+](=O)[O-]. The van der Waals surface area contributed by atoms with Crippen LogP contribution in [0.4, 0.5) is 11.5 Å². The summed E-state index contributed by atoms with van der Waals surface area (Å²) in [5.41, 5.74) is 0.726. The molecular weight excluding hydrogens is 220 g/mol. The Balaban J connectivity index is 2.21. The fraction of sp³-hybridized carbons (Fsp3) is 0.545. The molecule has 2 heterocycles. The van der Waals surface area contributed by atoms with Crippen LogP contribution in [0.3, 0.4) is 0 Å². The highest BCUT2D eigenvalue weighted by molar-refractivity contribution is 5.48. The highest BCUT2D eigenvalue weighted by Gasteiger charge is 2.21. The molecule has 1 unspecified atom stereocenters. The average molecular weight is 236 g/mol. The van der Waals surface area contributed by atoms with Crippen LogP contribution >= 0.6 is 0 Å². The molecule has 0 bridgehead atoms. The minimum atomic E-state index is -0.400. The quantitative estimate of drug-likeness (QED) is 0.628. The van der Waals surface area contributed by atoms with E-state index in [0.29, 0.717) is 11.6 Å². The van der Waals surface area contributed by atoms with Crippen molar-refractivity contribution in [3.05, 3.63) is 27.9 Å². The number of aromatic nitrogens is 1. The van der Waals surface area contributed by atoms with Gasteiger partial charge in [0, 0.05) is 25.2 Å². The second kappa shape index (κ2) is 4.67. The van der Waals surface area contributed by atoms with Gasteiger partial charge in [0.15, 0.2) is 0 Å². The van der Waals surface area contributed by atoms with Gasteiger partial charge in [0.2, 0.25) is 0 Å². The maximum atomic E-state index is 10.7. The van der Waals surface area contributed by atoms with E-state index in [2.05, 4.69) is 15.2 Å². The van der Waals surface area contributed by atoms with Gasteiger partial charge < -0.3 is 10.2 Å². The molecule has 1 aromatic heterocycles. The first-order valence-electron chi connectivity index (χ1n) is 5.64. The predicted molar refractivity (Wildman–Crippen MR) is 65.3 cm³/mol. The van der Waals surface area contributed by atoms with Gasteiger partial charge >= 0.3 is 0 Å². The molecule has 6 nitrogen and oxygen atoms in total. The highest BCUT2D eigenvalue weighted by atomic mass is 16.6. The Kier molecular flexibility index (Phi) is 3.23. The summed E-state index contributed by atoms with van der Waals surface area (Å²) in [6, 6.07) is 2.19. The van der Waals surface area contributed by atoms with Crippen LogP contribution in [0.2, 0.25) is 0 Å². The third-order valence-corrected chi connectivity index (χ3v) is 3.21. The van der Waals surface area contributed by atoms with Crippen LogP contribution in [0.25, 0.3) is 0 Å². The molecule has 1 aromatic rings. The van der Waals surface area contributed by atoms with Gasteiger partial charge in [-0.05, 0) is 26.0 Å². The fourth-order valence-corrected chi connectivity index (χ4v) is 2.08. The van der Waals surface area contributed by atoms with Crippen LogP contribution in [0, 0.1) is 17.0 Å². The van der Waals surface area contributed by atoms with Crippen molar-refractivity contribution in [2.45, 2.75) is 19.4 Å². The lowest BCUT2D eigenvalue weighted by Crippen LogP contribution is -2.33. The van der Waals surface area contributed by atoms with Crippen molar-refractivity contribution in [1.29, 1.82) is 0 Å². The third kappa shape index (κ3) is 2.36. The molecule has 0 spiro atoms. The van der Waals surface area contributed by atoms with Crippen molar-refractivity contribution in [2.75, 3.05) is 25.0 Å². The summed E-state index contributed by atoms with van der Waals surface area (Å²) in [6.45, 7) is 3.69. The molecule has 1 aliphatic rings. The first-order valence-corrected chi connectivity index (χ1v) is 5.64. The van der Waals surface area contributed by atoms with E-state index in [0.717, 1.165) is 25.3 Å². The van der Waals surface area contributed by atoms with E-state index in [9.17, 15) is 10.1 Å². The van der Waals surface area contributed by atoms with Crippen LogP contribution in [0.1, 0.15) is 12.0 Å². The van der Waals surface area contributed by atoms with E-state index in [1.165, 1.54) is 6.20 Å². The first kappa shape index (κ1) is 11.8. The van der Waals surface area contributed by atoms with Gasteiger partial charge in [-0.1, -0.05) is 0 Å². The van der Waals surface area contributed by atoms with Gasteiger partial charge in [-0.25, -0.2) is 4.98 Å². The van der Waals surface area contributed by atoms with Crippen LogP contribution in [-0.4, -0.2) is 36.1 Å². The second-order valence-corrected chi connectivity index (χ2v) is 4.34. The van der Waals surface area contributed by atoms with Crippen molar-refractivity contribution >= 4 is 11.5 Å². The number of pyridine rings is 1. The monoisotopic (exact) mass is 236 g/mol. The highest BCUT2D eigenvalue weighted by Crippen LogP contribution is 2.22. The lowest BCUT2D eigenvalue weighted by molar-refractivity contribution is -0.385.